The number of nitrogens with one attached hydrogen (secondary N) is 1. The van der Waals surface area contributed by atoms with Gasteiger partial charge in [-0.2, -0.15) is 0 Å². The molecule has 0 unspecified atom stereocenters. The van der Waals surface area contributed by atoms with E-state index in [4.69, 9.17) is 4.74 Å². The van der Waals surface area contributed by atoms with Crippen LogP contribution in [0.1, 0.15) is 16.7 Å². The fraction of sp³-hybridized carbons (Fsp3) is 0.238. The summed E-state index contributed by atoms with van der Waals surface area (Å²) in [6, 6.07) is 11.5. The molecule has 2 aromatic carbocycles. The number of halogens is 1. The minimum absolute atomic E-state index is 0.0172. The van der Waals surface area contributed by atoms with Crippen molar-refractivity contribution in [1.29, 1.82) is 0 Å². The van der Waals surface area contributed by atoms with E-state index < -0.39 is 0 Å². The van der Waals surface area contributed by atoms with Gasteiger partial charge in [0.25, 0.3) is 0 Å². The maximum absolute atomic E-state index is 12.3. The van der Waals surface area contributed by atoms with Crippen LogP contribution in [0, 0.1) is 6.92 Å². The van der Waals surface area contributed by atoms with Crippen molar-refractivity contribution in [2.45, 2.75) is 13.3 Å². The highest BCUT2D eigenvalue weighted by Crippen LogP contribution is 2.26. The Morgan fingerprint density at radius 1 is 1.26 bits per heavy atom. The third-order valence-corrected chi connectivity index (χ3v) is 4.84. The van der Waals surface area contributed by atoms with Gasteiger partial charge >= 0.3 is 0 Å². The number of benzene rings is 2. The molecule has 5 nitrogen and oxygen atoms in total. The Bertz CT molecular complexity index is 908. The molecule has 0 aromatic heterocycles. The highest BCUT2D eigenvalue weighted by atomic mass is 79.9. The van der Waals surface area contributed by atoms with Crippen molar-refractivity contribution in [3.8, 4) is 5.75 Å². The first-order valence-electron chi connectivity index (χ1n) is 8.67. The normalized spacial score (nSPS) is 12.6. The van der Waals surface area contributed by atoms with Crippen LogP contribution in [0.5, 0.6) is 5.75 Å². The maximum atomic E-state index is 12.3. The summed E-state index contributed by atoms with van der Waals surface area (Å²) in [5.41, 5.74) is 3.78. The van der Waals surface area contributed by atoms with E-state index in [2.05, 4.69) is 21.2 Å². The van der Waals surface area contributed by atoms with Gasteiger partial charge in [0.05, 0.1) is 13.2 Å². The molecule has 0 saturated carbocycles. The van der Waals surface area contributed by atoms with Crippen LogP contribution in [0.3, 0.4) is 0 Å². The van der Waals surface area contributed by atoms with Crippen LogP contribution in [-0.4, -0.2) is 36.9 Å². The van der Waals surface area contributed by atoms with Crippen molar-refractivity contribution in [3.05, 3.63) is 63.6 Å². The first-order valence-corrected chi connectivity index (χ1v) is 9.46. The Morgan fingerprint density at radius 3 is 2.85 bits per heavy atom. The zero-order valence-corrected chi connectivity index (χ0v) is 16.9. The summed E-state index contributed by atoms with van der Waals surface area (Å²) in [5.74, 6) is 0.448. The molecule has 3 rings (SSSR count). The molecule has 1 heterocycles. The van der Waals surface area contributed by atoms with Gasteiger partial charge in [-0.25, -0.2) is 0 Å². The first kappa shape index (κ1) is 19.2. The molecule has 2 amide bonds. The van der Waals surface area contributed by atoms with Gasteiger partial charge in [0, 0.05) is 29.7 Å². The molecule has 1 N–H and O–H groups in total. The zero-order chi connectivity index (χ0) is 19.4. The van der Waals surface area contributed by atoms with Gasteiger partial charge in [0.15, 0.2) is 0 Å². The van der Waals surface area contributed by atoms with Crippen LogP contribution >= 0.6 is 15.9 Å². The lowest BCUT2D eigenvalue weighted by molar-refractivity contribution is -0.129. The van der Waals surface area contributed by atoms with Crippen molar-refractivity contribution in [2.75, 3.05) is 25.5 Å². The quantitative estimate of drug-likeness (QED) is 0.736. The number of hydrogen-bond donors (Lipinski definition) is 1. The predicted octanol–water partition coefficient (Wildman–Crippen LogP) is 3.80. The molecule has 2 aromatic rings. The standard InChI is InChI=1S/C21H21BrN2O3/c1-14-11-17(22)5-6-18(14)23-20(25)13-24(2)21(26)8-4-15-3-7-19-16(12-15)9-10-27-19/h3-8,11-12H,9-10,13H2,1-2H3,(H,23,25)/b8-4+. The molecule has 0 spiro atoms. The lowest BCUT2D eigenvalue weighted by Crippen LogP contribution is -2.34. The molecule has 6 heteroatoms. The Labute approximate surface area is 167 Å². The molecule has 0 atom stereocenters. The Kier molecular flexibility index (Phi) is 5.96. The topological polar surface area (TPSA) is 58.6 Å². The lowest BCUT2D eigenvalue weighted by atomic mass is 10.1. The number of carbonyl (C=O) groups is 2. The highest BCUT2D eigenvalue weighted by Gasteiger charge is 2.13. The van der Waals surface area contributed by atoms with Gasteiger partial charge in [-0.1, -0.05) is 22.0 Å². The summed E-state index contributed by atoms with van der Waals surface area (Å²) < 4.78 is 6.43. The third-order valence-electron chi connectivity index (χ3n) is 4.35. The molecule has 0 radical (unpaired) electrons. The van der Waals surface area contributed by atoms with Crippen LogP contribution in [0.4, 0.5) is 5.69 Å². The van der Waals surface area contributed by atoms with Gasteiger partial charge in [-0.3, -0.25) is 9.59 Å². The Morgan fingerprint density at radius 2 is 2.07 bits per heavy atom. The second-order valence-corrected chi connectivity index (χ2v) is 7.42. The number of fused-ring (bicyclic) bond motifs is 1. The molecule has 1 aliphatic heterocycles. The predicted molar refractivity (Wildman–Crippen MR) is 110 cm³/mol. The third kappa shape index (κ3) is 4.98. The molecule has 0 aliphatic carbocycles. The molecular weight excluding hydrogens is 408 g/mol. The second kappa shape index (κ2) is 8.39. The minimum atomic E-state index is -0.237. The molecule has 0 saturated heterocycles. The average molecular weight is 429 g/mol. The second-order valence-electron chi connectivity index (χ2n) is 6.50. The molecule has 0 bridgehead atoms. The summed E-state index contributed by atoms with van der Waals surface area (Å²) in [4.78, 5) is 25.9. The molecule has 0 fully saturated rings. The van der Waals surface area contributed by atoms with Gasteiger partial charge in [0.2, 0.25) is 11.8 Å². The Balaban J connectivity index is 1.56. The van der Waals surface area contributed by atoms with Crippen molar-refractivity contribution >= 4 is 39.5 Å². The fourth-order valence-electron chi connectivity index (χ4n) is 2.86. The van der Waals surface area contributed by atoms with Gasteiger partial charge in [0.1, 0.15) is 5.75 Å². The van der Waals surface area contributed by atoms with Crippen molar-refractivity contribution in [2.24, 2.45) is 0 Å². The summed E-state index contributed by atoms with van der Waals surface area (Å²) in [6.07, 6.45) is 4.13. The monoisotopic (exact) mass is 428 g/mol. The highest BCUT2D eigenvalue weighted by molar-refractivity contribution is 9.10. The average Bonchev–Trinajstić information content (AvgIpc) is 3.09. The number of aryl methyl sites for hydroxylation is 1. The van der Waals surface area contributed by atoms with E-state index in [0.717, 1.165) is 39.0 Å². The summed E-state index contributed by atoms with van der Waals surface area (Å²) >= 11 is 3.39. The number of ether oxygens (including phenoxy) is 1. The number of rotatable bonds is 5. The van der Waals surface area contributed by atoms with Crippen LogP contribution in [0.25, 0.3) is 6.08 Å². The number of anilines is 1. The van der Waals surface area contributed by atoms with Crippen LogP contribution in [0.2, 0.25) is 0 Å². The number of nitrogens with zero attached hydrogens (tertiary/aromatic N) is 1. The molecule has 140 valence electrons. The van der Waals surface area contributed by atoms with E-state index in [1.807, 2.05) is 43.3 Å². The molecule has 1 aliphatic rings. The van der Waals surface area contributed by atoms with E-state index in [9.17, 15) is 9.59 Å². The van der Waals surface area contributed by atoms with E-state index in [1.165, 1.54) is 11.0 Å². The molecule has 27 heavy (non-hydrogen) atoms. The SMILES string of the molecule is Cc1cc(Br)ccc1NC(=O)CN(C)C(=O)/C=C/c1ccc2c(c1)CCO2. The lowest BCUT2D eigenvalue weighted by Gasteiger charge is -2.15. The van der Waals surface area contributed by atoms with Crippen molar-refractivity contribution in [1.82, 2.24) is 4.90 Å². The zero-order valence-electron chi connectivity index (χ0n) is 15.3. The van der Waals surface area contributed by atoms with Crippen LogP contribution < -0.4 is 10.1 Å². The smallest absolute Gasteiger partial charge is 0.246 e. The largest absolute Gasteiger partial charge is 0.493 e. The van der Waals surface area contributed by atoms with Crippen molar-refractivity contribution in [3.63, 3.8) is 0 Å². The summed E-state index contributed by atoms with van der Waals surface area (Å²) in [7, 11) is 1.61. The number of amides is 2. The first-order chi connectivity index (χ1) is 12.9. The van der Waals surface area contributed by atoms with E-state index >= 15 is 0 Å². The van der Waals surface area contributed by atoms with E-state index in [0.29, 0.717) is 6.61 Å². The molecular formula is C21H21BrN2O3. The summed E-state index contributed by atoms with van der Waals surface area (Å²) in [6.45, 7) is 2.60. The number of likely N-dealkylation sites (N-methyl/N-ethyl adjacent to an activating group) is 1. The number of carbonyl (C=O) groups excluding carboxylic acids is 2. The Hall–Kier alpha value is -2.60. The fourth-order valence-corrected chi connectivity index (χ4v) is 3.33. The van der Waals surface area contributed by atoms with Crippen LogP contribution in [-0.2, 0) is 16.0 Å². The van der Waals surface area contributed by atoms with Crippen LogP contribution in [0.15, 0.2) is 46.9 Å². The number of hydrogen-bond acceptors (Lipinski definition) is 3. The van der Waals surface area contributed by atoms with Crippen molar-refractivity contribution < 1.29 is 14.3 Å². The van der Waals surface area contributed by atoms with Gasteiger partial charge in [-0.15, -0.1) is 0 Å². The summed E-state index contributed by atoms with van der Waals surface area (Å²) in [5, 5.41) is 2.83. The van der Waals surface area contributed by atoms with Gasteiger partial charge in [-0.05, 0) is 60.0 Å². The van der Waals surface area contributed by atoms with E-state index in [-0.39, 0.29) is 18.4 Å². The minimum Gasteiger partial charge on any atom is -0.493 e. The van der Waals surface area contributed by atoms with Gasteiger partial charge < -0.3 is 15.0 Å². The van der Waals surface area contributed by atoms with E-state index in [1.54, 1.807) is 13.1 Å². The maximum Gasteiger partial charge on any atom is 0.246 e.